The van der Waals surface area contributed by atoms with Crippen molar-refractivity contribution >= 4 is 28.5 Å². The summed E-state index contributed by atoms with van der Waals surface area (Å²) < 4.78 is 13.6. The van der Waals surface area contributed by atoms with Gasteiger partial charge in [0.15, 0.2) is 11.5 Å². The van der Waals surface area contributed by atoms with Crippen molar-refractivity contribution in [2.24, 2.45) is 0 Å². The Labute approximate surface area is 226 Å². The molecule has 0 bridgehead atoms. The molecule has 0 saturated carbocycles. The Hall–Kier alpha value is -4.29. The lowest BCUT2D eigenvalue weighted by Crippen LogP contribution is -2.25. The van der Waals surface area contributed by atoms with Crippen LogP contribution in [-0.2, 0) is 19.6 Å². The van der Waals surface area contributed by atoms with Crippen LogP contribution in [0.1, 0.15) is 27.3 Å². The number of halogens is 1. The summed E-state index contributed by atoms with van der Waals surface area (Å²) in [7, 11) is 1.61. The van der Waals surface area contributed by atoms with Gasteiger partial charge in [-0.1, -0.05) is 66.2 Å². The average molecular weight is 526 g/mol. The summed E-state index contributed by atoms with van der Waals surface area (Å²) in [6.07, 6.45) is 0.771. The fraction of sp³-hybridized carbons (Fsp3) is 0.161. The molecule has 192 valence electrons. The molecule has 4 aromatic carbocycles. The molecule has 5 rings (SSSR count). The number of aromatic nitrogens is 2. The van der Waals surface area contributed by atoms with E-state index in [1.807, 2.05) is 84.9 Å². The van der Waals surface area contributed by atoms with Crippen molar-refractivity contribution in [3.05, 3.63) is 125 Å². The average Bonchev–Trinajstić information content (AvgIpc) is 3.28. The largest absolute Gasteiger partial charge is 0.493 e. The Morgan fingerprint density at radius 2 is 1.66 bits per heavy atom. The molecule has 1 N–H and O–H groups in total. The maximum absolute atomic E-state index is 12.9. The number of amides is 1. The van der Waals surface area contributed by atoms with Crippen molar-refractivity contribution in [3.63, 3.8) is 0 Å². The molecule has 38 heavy (non-hydrogen) atoms. The fourth-order valence-corrected chi connectivity index (χ4v) is 4.59. The van der Waals surface area contributed by atoms with E-state index < -0.39 is 0 Å². The Bertz CT molecular complexity index is 1550. The third-order valence-electron chi connectivity index (χ3n) is 6.29. The van der Waals surface area contributed by atoms with E-state index in [1.165, 1.54) is 5.56 Å². The van der Waals surface area contributed by atoms with Gasteiger partial charge >= 0.3 is 0 Å². The maximum Gasteiger partial charge on any atom is 0.251 e. The summed E-state index contributed by atoms with van der Waals surface area (Å²) in [4.78, 5) is 17.7. The van der Waals surface area contributed by atoms with E-state index in [4.69, 9.17) is 26.1 Å². The molecule has 6 nitrogen and oxygen atoms in total. The first-order valence-electron chi connectivity index (χ1n) is 12.4. The Morgan fingerprint density at radius 3 is 2.45 bits per heavy atom. The summed E-state index contributed by atoms with van der Waals surface area (Å²) in [5.74, 6) is 1.89. The number of hydrogen-bond donors (Lipinski definition) is 1. The van der Waals surface area contributed by atoms with Crippen LogP contribution in [-0.4, -0.2) is 29.1 Å². The smallest absolute Gasteiger partial charge is 0.251 e. The van der Waals surface area contributed by atoms with Crippen LogP contribution in [0.3, 0.4) is 0 Å². The molecular weight excluding hydrogens is 498 g/mol. The first-order chi connectivity index (χ1) is 18.6. The van der Waals surface area contributed by atoms with E-state index in [-0.39, 0.29) is 12.5 Å². The molecule has 0 fully saturated rings. The number of hydrogen-bond acceptors (Lipinski definition) is 4. The van der Waals surface area contributed by atoms with E-state index in [2.05, 4.69) is 22.0 Å². The summed E-state index contributed by atoms with van der Waals surface area (Å²) in [6.45, 7) is 1.35. The van der Waals surface area contributed by atoms with Crippen molar-refractivity contribution < 1.29 is 14.3 Å². The van der Waals surface area contributed by atoms with Crippen LogP contribution < -0.4 is 14.8 Å². The zero-order chi connectivity index (χ0) is 26.3. The lowest BCUT2D eigenvalue weighted by atomic mass is 10.1. The lowest BCUT2D eigenvalue weighted by Gasteiger charge is -2.13. The molecule has 5 aromatic rings. The minimum absolute atomic E-state index is 0.126. The van der Waals surface area contributed by atoms with Gasteiger partial charge in [-0.3, -0.25) is 4.79 Å². The summed E-state index contributed by atoms with van der Waals surface area (Å²) >= 11 is 6.25. The zero-order valence-electron chi connectivity index (χ0n) is 21.1. The SMILES string of the molecule is COc1ccccc1OCc1nc2cc(C(=O)NCCc3ccccc3)ccc2n1Cc1cccc(Cl)c1. The molecule has 0 radical (unpaired) electrons. The van der Waals surface area contributed by atoms with Crippen molar-refractivity contribution in [1.82, 2.24) is 14.9 Å². The number of methoxy groups -OCH3 is 1. The van der Waals surface area contributed by atoms with Gasteiger partial charge in [-0.15, -0.1) is 0 Å². The highest BCUT2D eigenvalue weighted by atomic mass is 35.5. The highest BCUT2D eigenvalue weighted by Crippen LogP contribution is 2.28. The van der Waals surface area contributed by atoms with E-state index in [0.29, 0.717) is 35.2 Å². The summed E-state index contributed by atoms with van der Waals surface area (Å²) in [5, 5.41) is 3.69. The minimum atomic E-state index is -0.126. The number of imidazole rings is 1. The quantitative estimate of drug-likeness (QED) is 0.232. The van der Waals surface area contributed by atoms with Crippen LogP contribution in [0.2, 0.25) is 5.02 Å². The van der Waals surface area contributed by atoms with Crippen molar-refractivity contribution in [3.8, 4) is 11.5 Å². The molecule has 0 unspecified atom stereocenters. The van der Waals surface area contributed by atoms with E-state index in [0.717, 1.165) is 28.8 Å². The lowest BCUT2D eigenvalue weighted by molar-refractivity contribution is 0.0954. The monoisotopic (exact) mass is 525 g/mol. The second kappa shape index (κ2) is 11.8. The Morgan fingerprint density at radius 1 is 0.895 bits per heavy atom. The van der Waals surface area contributed by atoms with Gasteiger partial charge in [-0.2, -0.15) is 0 Å². The minimum Gasteiger partial charge on any atom is -0.493 e. The molecule has 0 aliphatic carbocycles. The van der Waals surface area contributed by atoms with Crippen LogP contribution in [0.25, 0.3) is 11.0 Å². The van der Waals surface area contributed by atoms with Crippen LogP contribution in [0, 0.1) is 0 Å². The molecule has 1 heterocycles. The van der Waals surface area contributed by atoms with Gasteiger partial charge in [0.1, 0.15) is 12.4 Å². The number of fused-ring (bicyclic) bond motifs is 1. The van der Waals surface area contributed by atoms with Gasteiger partial charge in [-0.05, 0) is 60.0 Å². The number of rotatable bonds is 10. The molecule has 7 heteroatoms. The molecular formula is C31H28ClN3O3. The van der Waals surface area contributed by atoms with E-state index in [9.17, 15) is 4.79 Å². The van der Waals surface area contributed by atoms with Gasteiger partial charge < -0.3 is 19.4 Å². The second-order valence-corrected chi connectivity index (χ2v) is 9.32. The molecule has 0 saturated heterocycles. The van der Waals surface area contributed by atoms with Crippen LogP contribution in [0.5, 0.6) is 11.5 Å². The predicted molar refractivity (Wildman–Crippen MR) is 150 cm³/mol. The first-order valence-corrected chi connectivity index (χ1v) is 12.8. The van der Waals surface area contributed by atoms with Crippen molar-refractivity contribution in [2.45, 2.75) is 19.6 Å². The molecule has 1 aromatic heterocycles. The number of benzene rings is 4. The predicted octanol–water partition coefficient (Wildman–Crippen LogP) is 6.30. The number of carbonyl (C=O) groups excluding carboxylic acids is 1. The third kappa shape index (κ3) is 5.98. The topological polar surface area (TPSA) is 65.4 Å². The number of nitrogens with zero attached hydrogens (tertiary/aromatic N) is 2. The van der Waals surface area contributed by atoms with Gasteiger partial charge in [0.2, 0.25) is 0 Å². The molecule has 0 atom stereocenters. The number of carbonyl (C=O) groups is 1. The van der Waals surface area contributed by atoms with Gasteiger partial charge in [0.25, 0.3) is 5.91 Å². The highest BCUT2D eigenvalue weighted by molar-refractivity contribution is 6.30. The molecule has 0 spiro atoms. The standard InChI is InChI=1S/C31H28ClN3O3/c1-37-28-12-5-6-13-29(28)38-21-30-34-26-19-24(31(36)33-17-16-22-8-3-2-4-9-22)14-15-27(26)35(30)20-23-10-7-11-25(32)18-23/h2-15,18-19H,16-17,20-21H2,1H3,(H,33,36). The zero-order valence-corrected chi connectivity index (χ0v) is 21.8. The van der Waals surface area contributed by atoms with Crippen molar-refractivity contribution in [1.29, 1.82) is 0 Å². The summed E-state index contributed by atoms with van der Waals surface area (Å²) in [6, 6.07) is 30.9. The third-order valence-corrected chi connectivity index (χ3v) is 6.52. The van der Waals surface area contributed by atoms with Gasteiger partial charge in [0, 0.05) is 23.7 Å². The van der Waals surface area contributed by atoms with E-state index >= 15 is 0 Å². The summed E-state index contributed by atoms with van der Waals surface area (Å²) in [5.41, 5.74) is 4.42. The highest BCUT2D eigenvalue weighted by Gasteiger charge is 2.16. The number of para-hydroxylation sites is 2. The normalized spacial score (nSPS) is 10.9. The first kappa shape index (κ1) is 25.4. The second-order valence-electron chi connectivity index (χ2n) is 8.88. The molecule has 1 amide bonds. The molecule has 0 aliphatic heterocycles. The van der Waals surface area contributed by atoms with Crippen LogP contribution in [0.15, 0.2) is 97.1 Å². The maximum atomic E-state index is 12.9. The number of nitrogens with one attached hydrogen (secondary N) is 1. The van der Waals surface area contributed by atoms with Crippen LogP contribution >= 0.6 is 11.6 Å². The van der Waals surface area contributed by atoms with Crippen LogP contribution in [0.4, 0.5) is 0 Å². The van der Waals surface area contributed by atoms with Crippen molar-refractivity contribution in [2.75, 3.05) is 13.7 Å². The van der Waals surface area contributed by atoms with E-state index in [1.54, 1.807) is 7.11 Å². The Balaban J connectivity index is 1.40. The Kier molecular flexibility index (Phi) is 7.90. The number of ether oxygens (including phenoxy) is 2. The van der Waals surface area contributed by atoms with Gasteiger partial charge in [-0.25, -0.2) is 4.98 Å². The fourth-order valence-electron chi connectivity index (χ4n) is 4.37. The molecule has 0 aliphatic rings. The van der Waals surface area contributed by atoms with Gasteiger partial charge in [0.05, 0.1) is 18.1 Å².